The minimum absolute atomic E-state index is 0.0512. The number of rotatable bonds is 9. The zero-order valence-electron chi connectivity index (χ0n) is 13.8. The van der Waals surface area contributed by atoms with Gasteiger partial charge in [0.05, 0.1) is 31.5 Å². The number of anilines is 1. The van der Waals surface area contributed by atoms with Gasteiger partial charge in [0.1, 0.15) is 12.4 Å². The summed E-state index contributed by atoms with van der Waals surface area (Å²) in [7, 11) is 0. The van der Waals surface area contributed by atoms with Crippen LogP contribution in [0.1, 0.15) is 25.0 Å². The molecule has 0 aliphatic carbocycles. The second kappa shape index (κ2) is 9.08. The summed E-state index contributed by atoms with van der Waals surface area (Å²) in [5.74, 6) is 0.831. The van der Waals surface area contributed by atoms with Gasteiger partial charge in [-0.3, -0.25) is 4.90 Å². The molecule has 0 fully saturated rings. The Labute approximate surface area is 137 Å². The number of likely N-dealkylation sites (N-methyl/N-ethyl adjacent to an activating group) is 1. The van der Waals surface area contributed by atoms with Gasteiger partial charge in [-0.15, -0.1) is 0 Å². The summed E-state index contributed by atoms with van der Waals surface area (Å²) in [6, 6.07) is 5.88. The van der Waals surface area contributed by atoms with Gasteiger partial charge in [-0.2, -0.15) is 0 Å². The molecule has 0 radical (unpaired) electrons. The Hall–Kier alpha value is -1.34. The third-order valence-electron chi connectivity index (χ3n) is 4.26. The van der Waals surface area contributed by atoms with Crippen molar-refractivity contribution in [3.05, 3.63) is 23.8 Å². The van der Waals surface area contributed by atoms with Crippen LogP contribution < -0.4 is 9.64 Å². The molecule has 130 valence electrons. The van der Waals surface area contributed by atoms with E-state index in [1.807, 2.05) is 23.1 Å². The second-order valence-corrected chi connectivity index (χ2v) is 5.75. The summed E-state index contributed by atoms with van der Waals surface area (Å²) < 4.78 is 5.72. The van der Waals surface area contributed by atoms with Crippen LogP contribution in [0.3, 0.4) is 0 Å². The summed E-state index contributed by atoms with van der Waals surface area (Å²) in [4.78, 5) is 4.20. The standard InChI is InChI=1S/C17H28N2O4/c1-2-19-9-12-23-17-13-14(3-4-15(17)19)16(22)5-6-18(7-10-20)8-11-21/h3-4,13,16,20-22H,2,5-12H2,1H3. The van der Waals surface area contributed by atoms with Gasteiger partial charge in [-0.1, -0.05) is 6.07 Å². The molecular formula is C17H28N2O4. The Kier molecular flexibility index (Phi) is 7.11. The summed E-state index contributed by atoms with van der Waals surface area (Å²) in [6.07, 6.45) is -0.0307. The van der Waals surface area contributed by atoms with Crippen LogP contribution in [-0.4, -0.2) is 72.8 Å². The van der Waals surface area contributed by atoms with Crippen molar-refractivity contribution < 1.29 is 20.1 Å². The van der Waals surface area contributed by atoms with Gasteiger partial charge >= 0.3 is 0 Å². The van der Waals surface area contributed by atoms with E-state index in [1.54, 1.807) is 0 Å². The van der Waals surface area contributed by atoms with E-state index in [4.69, 9.17) is 14.9 Å². The number of hydrogen-bond acceptors (Lipinski definition) is 6. The van der Waals surface area contributed by atoms with E-state index in [0.717, 1.165) is 30.1 Å². The first-order valence-electron chi connectivity index (χ1n) is 8.33. The maximum atomic E-state index is 10.4. The van der Waals surface area contributed by atoms with Crippen LogP contribution in [0, 0.1) is 0 Å². The SMILES string of the molecule is CCN1CCOc2cc(C(O)CCN(CCO)CCO)ccc21. The van der Waals surface area contributed by atoms with E-state index in [0.29, 0.717) is 32.7 Å². The summed E-state index contributed by atoms with van der Waals surface area (Å²) in [6.45, 7) is 6.36. The van der Waals surface area contributed by atoms with E-state index in [9.17, 15) is 5.11 Å². The maximum absolute atomic E-state index is 10.4. The molecule has 6 nitrogen and oxygen atoms in total. The highest BCUT2D eigenvalue weighted by molar-refractivity contribution is 5.61. The van der Waals surface area contributed by atoms with Crippen molar-refractivity contribution in [1.82, 2.24) is 4.90 Å². The molecule has 1 aliphatic rings. The van der Waals surface area contributed by atoms with E-state index in [1.165, 1.54) is 0 Å². The predicted molar refractivity (Wildman–Crippen MR) is 90.0 cm³/mol. The fraction of sp³-hybridized carbons (Fsp3) is 0.647. The third-order valence-corrected chi connectivity index (χ3v) is 4.26. The highest BCUT2D eigenvalue weighted by Crippen LogP contribution is 2.34. The Morgan fingerprint density at radius 1 is 1.22 bits per heavy atom. The summed E-state index contributed by atoms with van der Waals surface area (Å²) in [5.41, 5.74) is 1.92. The molecule has 1 aromatic carbocycles. The largest absolute Gasteiger partial charge is 0.490 e. The van der Waals surface area contributed by atoms with Gasteiger partial charge in [-0.25, -0.2) is 0 Å². The number of nitrogens with zero attached hydrogens (tertiary/aromatic N) is 2. The molecule has 3 N–H and O–H groups in total. The van der Waals surface area contributed by atoms with Crippen LogP contribution in [-0.2, 0) is 0 Å². The molecule has 0 amide bonds. The molecule has 1 unspecified atom stereocenters. The second-order valence-electron chi connectivity index (χ2n) is 5.75. The summed E-state index contributed by atoms with van der Waals surface area (Å²) in [5, 5.41) is 28.4. The van der Waals surface area contributed by atoms with Crippen molar-refractivity contribution >= 4 is 5.69 Å². The van der Waals surface area contributed by atoms with E-state index < -0.39 is 6.10 Å². The lowest BCUT2D eigenvalue weighted by Gasteiger charge is -2.31. The van der Waals surface area contributed by atoms with Crippen molar-refractivity contribution in [3.8, 4) is 5.75 Å². The quantitative estimate of drug-likeness (QED) is 0.618. The fourth-order valence-electron chi connectivity index (χ4n) is 2.92. The van der Waals surface area contributed by atoms with E-state index in [-0.39, 0.29) is 13.2 Å². The van der Waals surface area contributed by atoms with Crippen LogP contribution >= 0.6 is 0 Å². The fourth-order valence-corrected chi connectivity index (χ4v) is 2.92. The molecule has 1 heterocycles. The van der Waals surface area contributed by atoms with Crippen molar-refractivity contribution in [2.75, 3.05) is 57.4 Å². The molecule has 1 aliphatic heterocycles. The number of aliphatic hydroxyl groups excluding tert-OH is 3. The van der Waals surface area contributed by atoms with Crippen molar-refractivity contribution in [2.24, 2.45) is 0 Å². The van der Waals surface area contributed by atoms with E-state index in [2.05, 4.69) is 11.8 Å². The number of ether oxygens (including phenoxy) is 1. The monoisotopic (exact) mass is 324 g/mol. The lowest BCUT2D eigenvalue weighted by atomic mass is 10.0. The van der Waals surface area contributed by atoms with Crippen LogP contribution in [0.5, 0.6) is 5.75 Å². The van der Waals surface area contributed by atoms with Gasteiger partial charge in [0, 0.05) is 26.2 Å². The third kappa shape index (κ3) is 4.81. The molecule has 0 saturated heterocycles. The van der Waals surface area contributed by atoms with Gasteiger partial charge in [0.15, 0.2) is 0 Å². The first-order chi connectivity index (χ1) is 11.2. The number of fused-ring (bicyclic) bond motifs is 1. The van der Waals surface area contributed by atoms with Gasteiger partial charge < -0.3 is 25.0 Å². The van der Waals surface area contributed by atoms with Gasteiger partial charge in [-0.05, 0) is 31.0 Å². The highest BCUT2D eigenvalue weighted by Gasteiger charge is 2.19. The number of hydrogen-bond donors (Lipinski definition) is 3. The number of benzene rings is 1. The van der Waals surface area contributed by atoms with Crippen LogP contribution in [0.25, 0.3) is 0 Å². The molecule has 6 heteroatoms. The number of aliphatic hydroxyl groups is 3. The van der Waals surface area contributed by atoms with Crippen molar-refractivity contribution in [2.45, 2.75) is 19.4 Å². The average molecular weight is 324 g/mol. The van der Waals surface area contributed by atoms with Crippen LogP contribution in [0.2, 0.25) is 0 Å². The van der Waals surface area contributed by atoms with E-state index >= 15 is 0 Å². The smallest absolute Gasteiger partial charge is 0.143 e. The zero-order chi connectivity index (χ0) is 16.7. The first kappa shape index (κ1) is 18.0. The normalized spacial score (nSPS) is 15.4. The average Bonchev–Trinajstić information content (AvgIpc) is 2.58. The molecule has 0 aromatic heterocycles. The maximum Gasteiger partial charge on any atom is 0.143 e. The lowest BCUT2D eigenvalue weighted by Crippen LogP contribution is -2.32. The van der Waals surface area contributed by atoms with Crippen LogP contribution in [0.15, 0.2) is 18.2 Å². The Balaban J connectivity index is 1.98. The molecule has 0 bridgehead atoms. The van der Waals surface area contributed by atoms with Gasteiger partial charge in [0.2, 0.25) is 0 Å². The summed E-state index contributed by atoms with van der Waals surface area (Å²) >= 11 is 0. The van der Waals surface area contributed by atoms with Gasteiger partial charge in [0.25, 0.3) is 0 Å². The molecule has 1 aromatic rings. The van der Waals surface area contributed by atoms with Crippen molar-refractivity contribution in [1.29, 1.82) is 0 Å². The highest BCUT2D eigenvalue weighted by atomic mass is 16.5. The first-order valence-corrected chi connectivity index (χ1v) is 8.33. The Morgan fingerprint density at radius 3 is 2.61 bits per heavy atom. The molecule has 0 spiro atoms. The Bertz CT molecular complexity index is 478. The minimum atomic E-state index is -0.583. The minimum Gasteiger partial charge on any atom is -0.490 e. The van der Waals surface area contributed by atoms with Crippen LogP contribution in [0.4, 0.5) is 5.69 Å². The molecule has 0 saturated carbocycles. The van der Waals surface area contributed by atoms with Crippen molar-refractivity contribution in [3.63, 3.8) is 0 Å². The predicted octanol–water partition coefficient (Wildman–Crippen LogP) is 0.615. The molecule has 2 rings (SSSR count). The topological polar surface area (TPSA) is 76.4 Å². The molecule has 1 atom stereocenters. The molecule has 23 heavy (non-hydrogen) atoms. The molecular weight excluding hydrogens is 296 g/mol. The lowest BCUT2D eigenvalue weighted by molar-refractivity contribution is 0.118. The zero-order valence-corrected chi connectivity index (χ0v) is 13.8. The Morgan fingerprint density at radius 2 is 1.96 bits per heavy atom.